The Morgan fingerprint density at radius 1 is 1.19 bits per heavy atom. The molecule has 0 aliphatic carbocycles. The fourth-order valence-electron chi connectivity index (χ4n) is 4.76. The van der Waals surface area contributed by atoms with E-state index in [1.807, 2.05) is 27.0 Å². The minimum atomic E-state index is 0.00847. The van der Waals surface area contributed by atoms with E-state index in [2.05, 4.69) is 61.1 Å². The van der Waals surface area contributed by atoms with Crippen LogP contribution in [0.4, 0.5) is 28.8 Å². The van der Waals surface area contributed by atoms with Crippen LogP contribution in [0.25, 0.3) is 0 Å². The van der Waals surface area contributed by atoms with Crippen molar-refractivity contribution < 1.29 is 9.53 Å². The van der Waals surface area contributed by atoms with E-state index in [0.29, 0.717) is 29.2 Å². The van der Waals surface area contributed by atoms with Crippen LogP contribution in [-0.2, 0) is 4.79 Å². The third-order valence-corrected chi connectivity index (χ3v) is 7.26. The third-order valence-electron chi connectivity index (χ3n) is 7.26. The molecule has 1 atom stereocenters. The fourth-order valence-corrected chi connectivity index (χ4v) is 4.76. The molecule has 3 heterocycles. The number of hydrogen-bond acceptors (Lipinski definition) is 10. The summed E-state index contributed by atoms with van der Waals surface area (Å²) in [6.45, 7) is 9.95. The molecule has 4 rings (SSSR count). The highest BCUT2D eigenvalue weighted by atomic mass is 16.5. The van der Waals surface area contributed by atoms with Crippen LogP contribution in [0.1, 0.15) is 20.3 Å². The number of rotatable bonds is 9. The number of likely N-dealkylation sites (N-methyl/N-ethyl adjacent to an activating group) is 3. The van der Waals surface area contributed by atoms with E-state index < -0.39 is 0 Å². The van der Waals surface area contributed by atoms with Gasteiger partial charge in [-0.25, -0.2) is 9.98 Å². The van der Waals surface area contributed by atoms with E-state index in [0.717, 1.165) is 69.1 Å². The molecule has 1 aromatic carbocycles. The molecule has 2 fully saturated rings. The van der Waals surface area contributed by atoms with Crippen LogP contribution < -0.4 is 19.9 Å². The lowest BCUT2D eigenvalue weighted by Gasteiger charge is -2.34. The number of likely N-dealkylation sites (tertiary alicyclic amines) is 1. The maximum Gasteiger partial charge on any atom is 0.229 e. The molecule has 1 N–H and O–H groups in total. The SMILES string of the molecule is COc1cc(N2CCN(C)CC2)ccc1Nc1ncc(N=C(C=O)C(C)C)c(N(C)[C@H]2CCN(C)C2)n1. The number of carbonyl (C=O) groups is 1. The van der Waals surface area contributed by atoms with Crippen LogP contribution in [0.3, 0.4) is 0 Å². The number of methoxy groups -OCH3 is 1. The zero-order valence-corrected chi connectivity index (χ0v) is 22.9. The number of anilines is 4. The molecule has 2 saturated heterocycles. The van der Waals surface area contributed by atoms with Crippen molar-refractivity contribution in [3.05, 3.63) is 24.4 Å². The van der Waals surface area contributed by atoms with Gasteiger partial charge in [0.15, 0.2) is 12.1 Å². The second-order valence-corrected chi connectivity index (χ2v) is 10.3. The summed E-state index contributed by atoms with van der Waals surface area (Å²) in [7, 11) is 7.99. The molecular formula is C27H40N8O2. The number of hydrogen-bond donors (Lipinski definition) is 1. The first-order valence-corrected chi connectivity index (χ1v) is 13.0. The third kappa shape index (κ3) is 6.37. The van der Waals surface area contributed by atoms with E-state index in [-0.39, 0.29) is 5.92 Å². The number of piperazine rings is 1. The van der Waals surface area contributed by atoms with Gasteiger partial charge >= 0.3 is 0 Å². The van der Waals surface area contributed by atoms with E-state index in [1.165, 1.54) is 0 Å². The first-order chi connectivity index (χ1) is 17.8. The molecule has 2 aliphatic heterocycles. The number of nitrogens with zero attached hydrogens (tertiary/aromatic N) is 7. The molecule has 200 valence electrons. The Morgan fingerprint density at radius 3 is 2.57 bits per heavy atom. The Balaban J connectivity index is 1.63. The van der Waals surface area contributed by atoms with Gasteiger partial charge in [0.1, 0.15) is 11.4 Å². The number of ether oxygens (including phenoxy) is 1. The van der Waals surface area contributed by atoms with Gasteiger partial charge in [-0.15, -0.1) is 0 Å². The van der Waals surface area contributed by atoms with Crippen molar-refractivity contribution >= 4 is 40.8 Å². The standard InChI is InChI=1S/C27H40N8O2/c1-19(2)24(18-36)29-23-16-28-27(31-26(23)34(5)21-9-10-33(4)17-21)30-22-8-7-20(15-25(22)37-6)35-13-11-32(3)12-14-35/h7-8,15-16,18-19,21H,9-14,17H2,1-6H3,(H,28,30,31)/t21-/m0/s1. The Morgan fingerprint density at radius 2 is 1.95 bits per heavy atom. The van der Waals surface area contributed by atoms with Gasteiger partial charge in [-0.3, -0.25) is 4.79 Å². The van der Waals surface area contributed by atoms with Crippen molar-refractivity contribution in [3.63, 3.8) is 0 Å². The minimum Gasteiger partial charge on any atom is -0.494 e. The van der Waals surface area contributed by atoms with Crippen LogP contribution in [0.2, 0.25) is 0 Å². The average Bonchev–Trinajstić information content (AvgIpc) is 3.34. The fraction of sp³-hybridized carbons (Fsp3) is 0.556. The highest BCUT2D eigenvalue weighted by Crippen LogP contribution is 2.34. The lowest BCUT2D eigenvalue weighted by molar-refractivity contribution is -0.102. The normalized spacial score (nSPS) is 19.4. The first kappa shape index (κ1) is 26.8. The topological polar surface area (TPSA) is 89.4 Å². The second kappa shape index (κ2) is 11.9. The van der Waals surface area contributed by atoms with Crippen molar-refractivity contribution in [1.82, 2.24) is 19.8 Å². The highest BCUT2D eigenvalue weighted by Gasteiger charge is 2.26. The molecule has 37 heavy (non-hydrogen) atoms. The maximum atomic E-state index is 11.6. The monoisotopic (exact) mass is 508 g/mol. The lowest BCUT2D eigenvalue weighted by Crippen LogP contribution is -2.44. The van der Waals surface area contributed by atoms with Crippen LogP contribution in [0, 0.1) is 5.92 Å². The van der Waals surface area contributed by atoms with Gasteiger partial charge in [-0.1, -0.05) is 13.8 Å². The van der Waals surface area contributed by atoms with Crippen molar-refractivity contribution in [2.75, 3.05) is 82.6 Å². The van der Waals surface area contributed by atoms with Gasteiger partial charge in [0.25, 0.3) is 0 Å². The van der Waals surface area contributed by atoms with Gasteiger partial charge in [-0.05, 0) is 45.1 Å². The Kier molecular flexibility index (Phi) is 8.60. The lowest BCUT2D eigenvalue weighted by atomic mass is 10.1. The van der Waals surface area contributed by atoms with Crippen LogP contribution in [0.15, 0.2) is 29.4 Å². The molecular weight excluding hydrogens is 468 g/mol. The molecule has 0 bridgehead atoms. The quantitative estimate of drug-likeness (QED) is 0.405. The zero-order chi connectivity index (χ0) is 26.5. The highest BCUT2D eigenvalue weighted by molar-refractivity contribution is 6.29. The predicted molar refractivity (Wildman–Crippen MR) is 150 cm³/mol. The van der Waals surface area contributed by atoms with Gasteiger partial charge < -0.3 is 29.7 Å². The van der Waals surface area contributed by atoms with E-state index in [1.54, 1.807) is 13.3 Å². The van der Waals surface area contributed by atoms with E-state index in [4.69, 9.17) is 9.72 Å². The number of aliphatic imine (C=N–C) groups is 1. The summed E-state index contributed by atoms with van der Waals surface area (Å²) in [6, 6.07) is 6.49. The summed E-state index contributed by atoms with van der Waals surface area (Å²) in [5, 5.41) is 3.34. The van der Waals surface area contributed by atoms with Crippen LogP contribution >= 0.6 is 0 Å². The molecule has 0 unspecified atom stereocenters. The molecule has 2 aliphatic rings. The zero-order valence-electron chi connectivity index (χ0n) is 22.9. The summed E-state index contributed by atoms with van der Waals surface area (Å²) in [5.41, 5.74) is 3.00. The van der Waals surface area contributed by atoms with Gasteiger partial charge in [0.05, 0.1) is 24.7 Å². The van der Waals surface area contributed by atoms with Crippen molar-refractivity contribution in [2.24, 2.45) is 10.9 Å². The molecule has 1 aromatic heterocycles. The average molecular weight is 509 g/mol. The van der Waals surface area contributed by atoms with Gasteiger partial charge in [0, 0.05) is 57.6 Å². The van der Waals surface area contributed by atoms with Crippen LogP contribution in [0.5, 0.6) is 5.75 Å². The smallest absolute Gasteiger partial charge is 0.229 e. The molecule has 10 nitrogen and oxygen atoms in total. The Labute approximate surface area is 220 Å². The number of benzene rings is 1. The number of nitrogens with one attached hydrogen (secondary N) is 1. The largest absolute Gasteiger partial charge is 0.494 e. The molecule has 0 radical (unpaired) electrons. The molecule has 0 saturated carbocycles. The molecule has 0 spiro atoms. The van der Waals surface area contributed by atoms with Crippen molar-refractivity contribution in [3.8, 4) is 5.75 Å². The maximum absolute atomic E-state index is 11.6. The summed E-state index contributed by atoms with van der Waals surface area (Å²) in [4.78, 5) is 34.9. The molecule has 0 amide bonds. The number of aromatic nitrogens is 2. The van der Waals surface area contributed by atoms with E-state index in [9.17, 15) is 4.79 Å². The number of carbonyl (C=O) groups excluding carboxylic acids is 1. The predicted octanol–water partition coefficient (Wildman–Crippen LogP) is 3.05. The summed E-state index contributed by atoms with van der Waals surface area (Å²) in [5.74, 6) is 1.90. The molecule has 2 aromatic rings. The van der Waals surface area contributed by atoms with Gasteiger partial charge in [0.2, 0.25) is 5.95 Å². The Bertz CT molecular complexity index is 1110. The minimum absolute atomic E-state index is 0.00847. The van der Waals surface area contributed by atoms with Crippen molar-refractivity contribution in [1.29, 1.82) is 0 Å². The summed E-state index contributed by atoms with van der Waals surface area (Å²) < 4.78 is 5.73. The Hall–Kier alpha value is -3.24. The second-order valence-electron chi connectivity index (χ2n) is 10.3. The van der Waals surface area contributed by atoms with Crippen molar-refractivity contribution in [2.45, 2.75) is 26.3 Å². The molecule has 10 heteroatoms. The van der Waals surface area contributed by atoms with Gasteiger partial charge in [-0.2, -0.15) is 4.98 Å². The first-order valence-electron chi connectivity index (χ1n) is 13.0. The summed E-state index contributed by atoms with van der Waals surface area (Å²) in [6.07, 6.45) is 3.54. The van der Waals surface area contributed by atoms with Crippen LogP contribution in [-0.4, -0.2) is 105 Å². The summed E-state index contributed by atoms with van der Waals surface area (Å²) >= 11 is 0. The number of aldehydes is 1. The van der Waals surface area contributed by atoms with E-state index >= 15 is 0 Å².